The van der Waals surface area contributed by atoms with E-state index in [1.807, 2.05) is 0 Å². The summed E-state index contributed by atoms with van der Waals surface area (Å²) in [5, 5.41) is 12.2. The van der Waals surface area contributed by atoms with Crippen LogP contribution in [0.1, 0.15) is 19.0 Å². The minimum atomic E-state index is -1.30. The molecule has 0 aliphatic carbocycles. The Balaban J connectivity index is 3.16. The van der Waals surface area contributed by atoms with E-state index in [-0.39, 0.29) is 5.69 Å². The van der Waals surface area contributed by atoms with Gasteiger partial charge < -0.3 is 5.11 Å². The highest BCUT2D eigenvalue weighted by Crippen LogP contribution is 2.23. The molecule has 1 aromatic rings. The minimum Gasteiger partial charge on any atom is -0.480 e. The Kier molecular flexibility index (Phi) is 4.34. The average molecular weight is 238 g/mol. The van der Waals surface area contributed by atoms with Crippen molar-refractivity contribution in [3.05, 3.63) is 42.5 Å². The monoisotopic (exact) mass is 238 g/mol. The molecular weight excluding hydrogens is 223 g/mol. The van der Waals surface area contributed by atoms with E-state index in [0.29, 0.717) is 13.0 Å². The van der Waals surface area contributed by atoms with Crippen molar-refractivity contribution in [2.45, 2.75) is 18.9 Å². The van der Waals surface area contributed by atoms with Gasteiger partial charge >= 0.3 is 5.97 Å². The van der Waals surface area contributed by atoms with Crippen LogP contribution in [0, 0.1) is 5.82 Å². The Morgan fingerprint density at radius 2 is 2.41 bits per heavy atom. The fraction of sp³-hybridized carbons (Fsp3) is 0.333. The number of rotatable bonds is 6. The van der Waals surface area contributed by atoms with Crippen molar-refractivity contribution in [3.63, 3.8) is 0 Å². The van der Waals surface area contributed by atoms with Gasteiger partial charge in [-0.1, -0.05) is 13.0 Å². The molecule has 1 heterocycles. The van der Waals surface area contributed by atoms with Crippen LogP contribution in [0.25, 0.3) is 0 Å². The molecule has 0 aliphatic heterocycles. The zero-order chi connectivity index (χ0) is 12.9. The maximum Gasteiger partial charge on any atom is 0.330 e. The summed E-state index contributed by atoms with van der Waals surface area (Å²) in [7, 11) is 0. The fourth-order valence-electron chi connectivity index (χ4n) is 1.61. The summed E-state index contributed by atoms with van der Waals surface area (Å²) in [5.74, 6) is -1.53. The van der Waals surface area contributed by atoms with Crippen LogP contribution in [-0.2, 0) is 10.3 Å². The van der Waals surface area contributed by atoms with Crippen LogP contribution in [0.3, 0.4) is 0 Å². The molecule has 0 amide bonds. The molecule has 1 unspecified atom stereocenters. The fourth-order valence-corrected chi connectivity index (χ4v) is 1.61. The standard InChI is InChI=1S/C12H15FN2O2/c1-3-7-15-12(4-2,11(16)17)10-6-5-9(13)8-14-10/h3,5-6,8,15H,1,4,7H2,2H3,(H,16,17). The number of halogens is 1. The number of pyridine rings is 1. The van der Waals surface area contributed by atoms with Gasteiger partial charge in [-0.2, -0.15) is 0 Å². The number of carboxylic acid groups (broad SMARTS) is 1. The zero-order valence-electron chi connectivity index (χ0n) is 9.61. The van der Waals surface area contributed by atoms with Gasteiger partial charge in [0.2, 0.25) is 0 Å². The van der Waals surface area contributed by atoms with Crippen molar-refractivity contribution < 1.29 is 14.3 Å². The topological polar surface area (TPSA) is 62.2 Å². The molecule has 17 heavy (non-hydrogen) atoms. The normalized spacial score (nSPS) is 14.0. The van der Waals surface area contributed by atoms with Gasteiger partial charge in [0, 0.05) is 6.54 Å². The summed E-state index contributed by atoms with van der Waals surface area (Å²) in [6.45, 7) is 5.59. The third-order valence-corrected chi connectivity index (χ3v) is 2.61. The molecule has 0 bridgehead atoms. The van der Waals surface area contributed by atoms with Crippen molar-refractivity contribution in [3.8, 4) is 0 Å². The first-order chi connectivity index (χ1) is 8.06. The molecule has 0 saturated carbocycles. The van der Waals surface area contributed by atoms with Crippen LogP contribution in [0.5, 0.6) is 0 Å². The number of aromatic nitrogens is 1. The second-order valence-corrected chi connectivity index (χ2v) is 3.60. The summed E-state index contributed by atoms with van der Waals surface area (Å²) in [5.41, 5.74) is -1.02. The van der Waals surface area contributed by atoms with Gasteiger partial charge in [0.1, 0.15) is 5.82 Å². The molecule has 1 aromatic heterocycles. The van der Waals surface area contributed by atoms with E-state index >= 15 is 0 Å². The molecule has 1 rings (SSSR count). The summed E-state index contributed by atoms with van der Waals surface area (Å²) < 4.78 is 12.8. The number of nitrogens with zero attached hydrogens (tertiary/aromatic N) is 1. The summed E-state index contributed by atoms with van der Waals surface area (Å²) in [4.78, 5) is 15.3. The van der Waals surface area contributed by atoms with Gasteiger partial charge in [-0.25, -0.2) is 9.18 Å². The Morgan fingerprint density at radius 1 is 1.71 bits per heavy atom. The number of carboxylic acids is 1. The first-order valence-electron chi connectivity index (χ1n) is 5.28. The lowest BCUT2D eigenvalue weighted by Crippen LogP contribution is -2.49. The van der Waals surface area contributed by atoms with Gasteiger partial charge in [-0.3, -0.25) is 10.3 Å². The summed E-state index contributed by atoms with van der Waals surface area (Å²) >= 11 is 0. The number of hydrogen-bond donors (Lipinski definition) is 2. The van der Waals surface area contributed by atoms with E-state index in [4.69, 9.17) is 0 Å². The second-order valence-electron chi connectivity index (χ2n) is 3.60. The van der Waals surface area contributed by atoms with E-state index in [0.717, 1.165) is 6.20 Å². The molecule has 2 N–H and O–H groups in total. The first kappa shape index (κ1) is 13.3. The predicted octanol–water partition coefficient (Wildman–Crippen LogP) is 1.69. The highest BCUT2D eigenvalue weighted by Gasteiger charge is 2.39. The van der Waals surface area contributed by atoms with Crippen molar-refractivity contribution in [2.75, 3.05) is 6.54 Å². The molecule has 5 heteroatoms. The molecule has 0 radical (unpaired) electrons. The summed E-state index contributed by atoms with van der Waals surface area (Å²) in [6, 6.07) is 2.58. The van der Waals surface area contributed by atoms with Crippen LogP contribution in [0.15, 0.2) is 31.0 Å². The van der Waals surface area contributed by atoms with Crippen molar-refractivity contribution in [2.24, 2.45) is 0 Å². The average Bonchev–Trinajstić information content (AvgIpc) is 2.32. The Labute approximate surface area is 99.2 Å². The number of carbonyl (C=O) groups is 1. The van der Waals surface area contributed by atoms with Crippen molar-refractivity contribution in [1.82, 2.24) is 10.3 Å². The van der Waals surface area contributed by atoms with Crippen LogP contribution in [0.4, 0.5) is 4.39 Å². The van der Waals surface area contributed by atoms with E-state index in [1.165, 1.54) is 12.1 Å². The molecule has 0 aromatic carbocycles. The Bertz CT molecular complexity index is 405. The second kappa shape index (κ2) is 5.54. The Hall–Kier alpha value is -1.75. The molecular formula is C12H15FN2O2. The molecule has 0 saturated heterocycles. The smallest absolute Gasteiger partial charge is 0.330 e. The lowest BCUT2D eigenvalue weighted by atomic mass is 9.91. The third-order valence-electron chi connectivity index (χ3n) is 2.61. The minimum absolute atomic E-state index is 0.288. The lowest BCUT2D eigenvalue weighted by Gasteiger charge is -2.28. The first-order valence-corrected chi connectivity index (χ1v) is 5.28. The number of hydrogen-bond acceptors (Lipinski definition) is 3. The van der Waals surface area contributed by atoms with Crippen LogP contribution in [0.2, 0.25) is 0 Å². The Morgan fingerprint density at radius 3 is 2.82 bits per heavy atom. The lowest BCUT2D eigenvalue weighted by molar-refractivity contribution is -0.145. The third kappa shape index (κ3) is 2.68. The van der Waals surface area contributed by atoms with Crippen molar-refractivity contribution >= 4 is 5.97 Å². The van der Waals surface area contributed by atoms with Gasteiger partial charge in [0.15, 0.2) is 5.54 Å². The highest BCUT2D eigenvalue weighted by molar-refractivity contribution is 5.80. The number of nitrogens with one attached hydrogen (secondary N) is 1. The van der Waals surface area contributed by atoms with Crippen LogP contribution < -0.4 is 5.32 Å². The largest absolute Gasteiger partial charge is 0.480 e. The SMILES string of the molecule is C=CCNC(CC)(C(=O)O)c1ccc(F)cn1. The molecule has 92 valence electrons. The molecule has 1 atom stereocenters. The molecule has 0 spiro atoms. The molecule has 0 fully saturated rings. The van der Waals surface area contributed by atoms with Crippen LogP contribution in [-0.4, -0.2) is 22.6 Å². The maximum atomic E-state index is 12.8. The van der Waals surface area contributed by atoms with Gasteiger partial charge in [-0.15, -0.1) is 6.58 Å². The van der Waals surface area contributed by atoms with Gasteiger partial charge in [0.05, 0.1) is 11.9 Å². The van der Waals surface area contributed by atoms with E-state index < -0.39 is 17.3 Å². The van der Waals surface area contributed by atoms with Crippen LogP contribution >= 0.6 is 0 Å². The predicted molar refractivity (Wildman–Crippen MR) is 62.0 cm³/mol. The number of aliphatic carboxylic acids is 1. The van der Waals surface area contributed by atoms with E-state index in [1.54, 1.807) is 13.0 Å². The van der Waals surface area contributed by atoms with E-state index in [9.17, 15) is 14.3 Å². The van der Waals surface area contributed by atoms with Crippen molar-refractivity contribution in [1.29, 1.82) is 0 Å². The van der Waals surface area contributed by atoms with Gasteiger partial charge in [-0.05, 0) is 18.6 Å². The zero-order valence-corrected chi connectivity index (χ0v) is 9.61. The van der Waals surface area contributed by atoms with E-state index in [2.05, 4.69) is 16.9 Å². The highest BCUT2D eigenvalue weighted by atomic mass is 19.1. The quantitative estimate of drug-likeness (QED) is 0.740. The molecule has 0 aliphatic rings. The summed E-state index contributed by atoms with van der Waals surface area (Å²) in [6.07, 6.45) is 2.88. The van der Waals surface area contributed by atoms with Gasteiger partial charge in [0.25, 0.3) is 0 Å². The maximum absolute atomic E-state index is 12.8. The molecule has 4 nitrogen and oxygen atoms in total.